The molecule has 0 aliphatic rings. The molecule has 0 heterocycles. The molecule has 2 N–H and O–H groups in total. The fourth-order valence-corrected chi connectivity index (χ4v) is 2.01. The summed E-state index contributed by atoms with van der Waals surface area (Å²) in [7, 11) is 0. The summed E-state index contributed by atoms with van der Waals surface area (Å²) < 4.78 is 0. The molecule has 0 rings (SSSR count). The van der Waals surface area contributed by atoms with Gasteiger partial charge in [0.1, 0.15) is 0 Å². The van der Waals surface area contributed by atoms with Crippen molar-refractivity contribution in [3.05, 3.63) is 0 Å². The van der Waals surface area contributed by atoms with Crippen LogP contribution in [-0.4, -0.2) is 71.2 Å². The summed E-state index contributed by atoms with van der Waals surface area (Å²) in [5.74, 6) is -0.831. The number of hydrogen-bond acceptors (Lipinski definition) is 4. The fraction of sp³-hybridized carbons (Fsp3) is 0.857. The van der Waals surface area contributed by atoms with Crippen molar-refractivity contribution < 1.29 is 19.8 Å². The first kappa shape index (κ1) is 18.9. The van der Waals surface area contributed by atoms with E-state index >= 15 is 0 Å². The van der Waals surface area contributed by atoms with Crippen LogP contribution in [0.15, 0.2) is 0 Å². The fourth-order valence-electron chi connectivity index (χ4n) is 2.01. The van der Waals surface area contributed by atoms with Crippen molar-refractivity contribution in [2.45, 2.75) is 39.5 Å². The lowest BCUT2D eigenvalue weighted by molar-refractivity contribution is -0.138. The van der Waals surface area contributed by atoms with Crippen LogP contribution in [0.5, 0.6) is 0 Å². The van der Waals surface area contributed by atoms with Gasteiger partial charge in [0.05, 0.1) is 13.0 Å². The van der Waals surface area contributed by atoms with E-state index in [4.69, 9.17) is 10.2 Å². The van der Waals surface area contributed by atoms with Crippen LogP contribution in [0.2, 0.25) is 0 Å². The lowest BCUT2D eigenvalue weighted by atomic mass is 10.3. The maximum absolute atomic E-state index is 12.2. The minimum atomic E-state index is -0.870. The van der Waals surface area contributed by atoms with Gasteiger partial charge in [-0.25, -0.2) is 0 Å². The highest BCUT2D eigenvalue weighted by Crippen LogP contribution is 2.01. The highest BCUT2D eigenvalue weighted by molar-refractivity contribution is 5.78. The number of carboxylic acids is 1. The Morgan fingerprint density at radius 2 is 1.60 bits per heavy atom. The number of aliphatic hydroxyl groups is 1. The minimum Gasteiger partial charge on any atom is -0.481 e. The third kappa shape index (κ3) is 8.87. The molecule has 0 aliphatic heterocycles. The Morgan fingerprint density at radius 3 is 2.05 bits per heavy atom. The van der Waals surface area contributed by atoms with E-state index in [9.17, 15) is 9.59 Å². The molecule has 0 radical (unpaired) electrons. The zero-order valence-corrected chi connectivity index (χ0v) is 12.7. The maximum atomic E-state index is 12.2. The summed E-state index contributed by atoms with van der Waals surface area (Å²) in [5, 5.41) is 17.6. The van der Waals surface area contributed by atoms with Crippen molar-refractivity contribution in [3.8, 4) is 0 Å². The molecule has 0 aromatic heterocycles. The number of rotatable bonds is 12. The zero-order valence-electron chi connectivity index (χ0n) is 12.7. The van der Waals surface area contributed by atoms with Gasteiger partial charge in [-0.2, -0.15) is 0 Å². The van der Waals surface area contributed by atoms with Gasteiger partial charge in [-0.05, 0) is 19.3 Å². The van der Waals surface area contributed by atoms with E-state index in [0.29, 0.717) is 19.5 Å². The molecule has 0 saturated heterocycles. The molecule has 6 heteroatoms. The average Bonchev–Trinajstić information content (AvgIpc) is 2.41. The topological polar surface area (TPSA) is 81.1 Å². The Morgan fingerprint density at radius 1 is 1.00 bits per heavy atom. The first-order valence-corrected chi connectivity index (χ1v) is 7.37. The number of aliphatic carboxylic acids is 1. The van der Waals surface area contributed by atoms with Gasteiger partial charge < -0.3 is 15.1 Å². The molecule has 20 heavy (non-hydrogen) atoms. The molecule has 0 aliphatic carbocycles. The largest absolute Gasteiger partial charge is 0.481 e. The Balaban J connectivity index is 4.41. The molecule has 0 spiro atoms. The highest BCUT2D eigenvalue weighted by atomic mass is 16.4. The summed E-state index contributed by atoms with van der Waals surface area (Å²) in [6.45, 7) is 6.69. The van der Waals surface area contributed by atoms with Crippen molar-refractivity contribution in [1.82, 2.24) is 9.80 Å². The molecule has 0 atom stereocenters. The maximum Gasteiger partial charge on any atom is 0.304 e. The summed E-state index contributed by atoms with van der Waals surface area (Å²) >= 11 is 0. The quantitative estimate of drug-likeness (QED) is 0.555. The number of hydrogen-bond donors (Lipinski definition) is 2. The number of carbonyl (C=O) groups excluding carboxylic acids is 1. The van der Waals surface area contributed by atoms with Crippen LogP contribution in [0.3, 0.4) is 0 Å². The SMILES string of the molecule is CCCN(CCC)C(=O)CN(CCCO)CCC(=O)O. The first-order chi connectivity index (χ1) is 9.54. The van der Waals surface area contributed by atoms with E-state index in [0.717, 1.165) is 25.9 Å². The molecule has 0 bridgehead atoms. The molecule has 0 unspecified atom stereocenters. The second kappa shape index (κ2) is 11.7. The van der Waals surface area contributed by atoms with Crippen LogP contribution in [0.25, 0.3) is 0 Å². The molecule has 0 aromatic rings. The van der Waals surface area contributed by atoms with Crippen LogP contribution in [0.1, 0.15) is 39.5 Å². The average molecular weight is 288 g/mol. The molecular formula is C14H28N2O4. The predicted molar refractivity (Wildman–Crippen MR) is 77.6 cm³/mol. The minimum absolute atomic E-state index is 0.0142. The van der Waals surface area contributed by atoms with E-state index in [1.165, 1.54) is 0 Å². The van der Waals surface area contributed by atoms with Gasteiger partial charge in [-0.1, -0.05) is 13.8 Å². The van der Waals surface area contributed by atoms with Gasteiger partial charge in [0.2, 0.25) is 5.91 Å². The highest BCUT2D eigenvalue weighted by Gasteiger charge is 2.16. The monoisotopic (exact) mass is 288 g/mol. The van der Waals surface area contributed by atoms with E-state index in [1.807, 2.05) is 23.6 Å². The standard InChI is InChI=1S/C14H28N2O4/c1-3-7-16(8-4-2)13(18)12-15(9-5-11-17)10-6-14(19)20/h17H,3-12H2,1-2H3,(H,19,20). The second-order valence-electron chi connectivity index (χ2n) is 4.88. The Kier molecular flexibility index (Phi) is 11.0. The molecule has 1 amide bonds. The van der Waals surface area contributed by atoms with Crippen molar-refractivity contribution in [3.63, 3.8) is 0 Å². The number of carboxylic acid groups (broad SMARTS) is 1. The van der Waals surface area contributed by atoms with Gasteiger partial charge in [-0.15, -0.1) is 0 Å². The Hall–Kier alpha value is -1.14. The lowest BCUT2D eigenvalue weighted by Gasteiger charge is -2.26. The van der Waals surface area contributed by atoms with E-state index in [2.05, 4.69) is 0 Å². The smallest absolute Gasteiger partial charge is 0.304 e. The molecule has 0 aromatic carbocycles. The van der Waals surface area contributed by atoms with Crippen LogP contribution in [0, 0.1) is 0 Å². The van der Waals surface area contributed by atoms with Crippen LogP contribution >= 0.6 is 0 Å². The van der Waals surface area contributed by atoms with E-state index in [-0.39, 0.29) is 25.5 Å². The zero-order chi connectivity index (χ0) is 15.4. The van der Waals surface area contributed by atoms with Crippen LogP contribution < -0.4 is 0 Å². The predicted octanol–water partition coefficient (Wildman–Crippen LogP) is 0.794. The normalized spacial score (nSPS) is 10.8. The molecular weight excluding hydrogens is 260 g/mol. The third-order valence-electron chi connectivity index (χ3n) is 2.97. The van der Waals surface area contributed by atoms with Gasteiger partial charge in [-0.3, -0.25) is 14.5 Å². The summed E-state index contributed by atoms with van der Waals surface area (Å²) in [5.41, 5.74) is 0. The summed E-state index contributed by atoms with van der Waals surface area (Å²) in [6, 6.07) is 0. The van der Waals surface area contributed by atoms with Gasteiger partial charge >= 0.3 is 5.97 Å². The number of carbonyl (C=O) groups is 2. The Bertz CT molecular complexity index is 278. The molecule has 0 fully saturated rings. The second-order valence-corrected chi connectivity index (χ2v) is 4.88. The summed E-state index contributed by atoms with van der Waals surface area (Å²) in [6.07, 6.45) is 2.39. The van der Waals surface area contributed by atoms with Crippen LogP contribution in [-0.2, 0) is 9.59 Å². The first-order valence-electron chi connectivity index (χ1n) is 7.37. The third-order valence-corrected chi connectivity index (χ3v) is 2.97. The van der Waals surface area contributed by atoms with E-state index < -0.39 is 5.97 Å². The number of nitrogens with zero attached hydrogens (tertiary/aromatic N) is 2. The van der Waals surface area contributed by atoms with Crippen molar-refractivity contribution in [1.29, 1.82) is 0 Å². The van der Waals surface area contributed by atoms with Gasteiger partial charge in [0, 0.05) is 32.8 Å². The van der Waals surface area contributed by atoms with E-state index in [1.54, 1.807) is 0 Å². The van der Waals surface area contributed by atoms with Crippen molar-refractivity contribution >= 4 is 11.9 Å². The molecule has 118 valence electrons. The van der Waals surface area contributed by atoms with Gasteiger partial charge in [0.15, 0.2) is 0 Å². The molecule has 0 saturated carbocycles. The molecule has 6 nitrogen and oxygen atoms in total. The summed E-state index contributed by atoms with van der Waals surface area (Å²) in [4.78, 5) is 26.5. The van der Waals surface area contributed by atoms with Crippen LogP contribution in [0.4, 0.5) is 0 Å². The Labute approximate surface area is 121 Å². The van der Waals surface area contributed by atoms with Crippen molar-refractivity contribution in [2.75, 3.05) is 39.3 Å². The number of aliphatic hydroxyl groups excluding tert-OH is 1. The number of amides is 1. The lowest BCUT2D eigenvalue weighted by Crippen LogP contribution is -2.42. The van der Waals surface area contributed by atoms with Gasteiger partial charge in [0.25, 0.3) is 0 Å². The van der Waals surface area contributed by atoms with Crippen molar-refractivity contribution in [2.24, 2.45) is 0 Å².